The van der Waals surface area contributed by atoms with Crippen LogP contribution in [0.1, 0.15) is 11.1 Å². The number of carbonyl (C=O) groups is 2. The summed E-state index contributed by atoms with van der Waals surface area (Å²) in [6, 6.07) is 14.6. The van der Waals surface area contributed by atoms with Crippen LogP contribution in [0.25, 0.3) is 5.69 Å². The van der Waals surface area contributed by atoms with Gasteiger partial charge in [0.15, 0.2) is 5.16 Å². The summed E-state index contributed by atoms with van der Waals surface area (Å²) in [7, 11) is 0. The van der Waals surface area contributed by atoms with E-state index >= 15 is 0 Å². The smallest absolute Gasteiger partial charge is 0.308 e. The molecule has 3 rings (SSSR count). The number of nitrogens with one attached hydrogen (secondary N) is 2. The first-order chi connectivity index (χ1) is 13.0. The number of thioether (sulfide) groups is 1. The zero-order valence-electron chi connectivity index (χ0n) is 15.1. The van der Waals surface area contributed by atoms with Crippen LogP contribution in [-0.2, 0) is 4.79 Å². The number of hydrogen-bond acceptors (Lipinski definition) is 4. The normalized spacial score (nSPS) is 10.4. The van der Waals surface area contributed by atoms with Gasteiger partial charge in [-0.15, -0.1) is 0 Å². The molecule has 0 saturated heterocycles. The number of urea groups is 1. The van der Waals surface area contributed by atoms with E-state index < -0.39 is 6.03 Å². The highest BCUT2D eigenvalue weighted by molar-refractivity contribution is 7.99. The van der Waals surface area contributed by atoms with Crippen molar-refractivity contribution in [3.63, 3.8) is 0 Å². The molecule has 27 heavy (non-hydrogen) atoms. The second kappa shape index (κ2) is 8.55. The number of para-hydroxylation sites is 1. The number of carbonyl (C=O) groups excluding carboxylic acids is 2. The van der Waals surface area contributed by atoms with E-state index in [0.717, 1.165) is 16.8 Å². The lowest BCUT2D eigenvalue weighted by Crippen LogP contribution is -2.35. The lowest BCUT2D eigenvalue weighted by molar-refractivity contribution is -0.117. The van der Waals surface area contributed by atoms with E-state index in [2.05, 4.69) is 33.8 Å². The Labute approximate surface area is 162 Å². The molecule has 0 spiro atoms. The first-order valence-electron chi connectivity index (χ1n) is 8.42. The molecule has 2 aromatic carbocycles. The van der Waals surface area contributed by atoms with Gasteiger partial charge in [-0.1, -0.05) is 42.1 Å². The van der Waals surface area contributed by atoms with E-state index in [1.54, 1.807) is 30.5 Å². The zero-order chi connectivity index (χ0) is 19.2. The Morgan fingerprint density at radius 3 is 2.67 bits per heavy atom. The van der Waals surface area contributed by atoms with Gasteiger partial charge in [0.2, 0.25) is 5.91 Å². The van der Waals surface area contributed by atoms with Crippen LogP contribution in [-0.4, -0.2) is 27.2 Å². The third-order valence-electron chi connectivity index (χ3n) is 3.85. The molecule has 1 aromatic heterocycles. The van der Waals surface area contributed by atoms with Gasteiger partial charge in [-0.3, -0.25) is 14.7 Å². The number of rotatable bonds is 5. The third kappa shape index (κ3) is 4.98. The molecule has 6 nitrogen and oxygen atoms in total. The summed E-state index contributed by atoms with van der Waals surface area (Å²) in [6.45, 7) is 4.06. The molecule has 138 valence electrons. The van der Waals surface area contributed by atoms with Crippen molar-refractivity contribution in [2.45, 2.75) is 19.0 Å². The molecular weight excluding hydrogens is 360 g/mol. The molecule has 0 atom stereocenters. The number of aromatic nitrogens is 2. The first-order valence-corrected chi connectivity index (χ1v) is 9.41. The van der Waals surface area contributed by atoms with Crippen LogP contribution < -0.4 is 10.6 Å². The maximum Gasteiger partial charge on any atom is 0.325 e. The summed E-state index contributed by atoms with van der Waals surface area (Å²) in [4.78, 5) is 28.3. The number of aryl methyl sites for hydroxylation is 2. The van der Waals surface area contributed by atoms with E-state index in [-0.39, 0.29) is 11.7 Å². The highest BCUT2D eigenvalue weighted by atomic mass is 32.2. The largest absolute Gasteiger partial charge is 0.325 e. The van der Waals surface area contributed by atoms with Crippen LogP contribution >= 0.6 is 11.8 Å². The molecule has 0 saturated carbocycles. The summed E-state index contributed by atoms with van der Waals surface area (Å²) in [5, 5.41) is 5.64. The van der Waals surface area contributed by atoms with Gasteiger partial charge in [-0.05, 0) is 43.2 Å². The summed E-state index contributed by atoms with van der Waals surface area (Å²) in [5.41, 5.74) is 3.92. The molecule has 3 amide bonds. The summed E-state index contributed by atoms with van der Waals surface area (Å²) in [6.07, 6.45) is 3.56. The molecule has 0 aliphatic rings. The molecule has 0 radical (unpaired) electrons. The lowest BCUT2D eigenvalue weighted by Gasteiger charge is -2.11. The summed E-state index contributed by atoms with van der Waals surface area (Å²) >= 11 is 1.28. The number of imide groups is 1. The van der Waals surface area contributed by atoms with Gasteiger partial charge < -0.3 is 5.32 Å². The predicted molar refractivity (Wildman–Crippen MR) is 107 cm³/mol. The highest BCUT2D eigenvalue weighted by Crippen LogP contribution is 2.23. The fraction of sp³-hybridized carbons (Fsp3) is 0.150. The van der Waals surface area contributed by atoms with Gasteiger partial charge in [-0.25, -0.2) is 9.78 Å². The third-order valence-corrected chi connectivity index (χ3v) is 4.81. The predicted octanol–water partition coefficient (Wildman–Crippen LogP) is 3.93. The van der Waals surface area contributed by atoms with Crippen molar-refractivity contribution < 1.29 is 9.59 Å². The molecule has 1 heterocycles. The lowest BCUT2D eigenvalue weighted by atomic mass is 10.1. The number of benzene rings is 2. The van der Waals surface area contributed by atoms with Crippen molar-refractivity contribution in [2.24, 2.45) is 0 Å². The minimum absolute atomic E-state index is 0.0874. The van der Waals surface area contributed by atoms with Gasteiger partial charge in [-0.2, -0.15) is 0 Å². The maximum atomic E-state index is 12.1. The van der Waals surface area contributed by atoms with Crippen LogP contribution in [0.2, 0.25) is 0 Å². The Balaban J connectivity index is 1.59. The molecular formula is C20H20N4O2S. The average Bonchev–Trinajstić information content (AvgIpc) is 3.11. The molecule has 3 aromatic rings. The Kier molecular flexibility index (Phi) is 5.93. The molecule has 0 unspecified atom stereocenters. The van der Waals surface area contributed by atoms with Gasteiger partial charge >= 0.3 is 6.03 Å². The van der Waals surface area contributed by atoms with Gasteiger partial charge in [0.1, 0.15) is 0 Å². The minimum atomic E-state index is -0.551. The Bertz CT molecular complexity index is 954. The molecule has 0 bridgehead atoms. The van der Waals surface area contributed by atoms with Gasteiger partial charge in [0.25, 0.3) is 0 Å². The molecule has 0 aliphatic carbocycles. The van der Waals surface area contributed by atoms with E-state index in [0.29, 0.717) is 10.8 Å². The number of hydrogen-bond donors (Lipinski definition) is 2. The van der Waals surface area contributed by atoms with Crippen LogP contribution in [0.4, 0.5) is 10.5 Å². The van der Waals surface area contributed by atoms with E-state index in [9.17, 15) is 9.59 Å². The molecule has 0 aliphatic heterocycles. The fourth-order valence-corrected chi connectivity index (χ4v) is 3.30. The number of imidazole rings is 1. The highest BCUT2D eigenvalue weighted by Gasteiger charge is 2.13. The minimum Gasteiger partial charge on any atom is -0.308 e. The summed E-state index contributed by atoms with van der Waals surface area (Å²) < 4.78 is 1.95. The van der Waals surface area contributed by atoms with Crippen molar-refractivity contribution in [1.82, 2.24) is 14.9 Å². The van der Waals surface area contributed by atoms with E-state index in [1.165, 1.54) is 11.8 Å². The standard InChI is InChI=1S/C20H20N4O2S/c1-14-8-9-15(2)17(12-14)24-11-10-21-20(24)27-13-18(25)23-19(26)22-16-6-4-3-5-7-16/h3-12H,13H2,1-2H3,(H2,22,23,25,26). The molecule has 2 N–H and O–H groups in total. The fourth-order valence-electron chi connectivity index (χ4n) is 2.54. The summed E-state index contributed by atoms with van der Waals surface area (Å²) in [5.74, 6) is -0.298. The van der Waals surface area contributed by atoms with Crippen LogP contribution in [0.5, 0.6) is 0 Å². The maximum absolute atomic E-state index is 12.1. The topological polar surface area (TPSA) is 76.0 Å². The quantitative estimate of drug-likeness (QED) is 0.658. The van der Waals surface area contributed by atoms with Crippen LogP contribution in [0.3, 0.4) is 0 Å². The Hall–Kier alpha value is -3.06. The van der Waals surface area contributed by atoms with Crippen LogP contribution in [0, 0.1) is 13.8 Å². The SMILES string of the molecule is Cc1ccc(C)c(-n2ccnc2SCC(=O)NC(=O)Nc2ccccc2)c1. The monoisotopic (exact) mass is 380 g/mol. The number of anilines is 1. The first kappa shape index (κ1) is 18.7. The second-order valence-electron chi connectivity index (χ2n) is 6.03. The zero-order valence-corrected chi connectivity index (χ0v) is 15.9. The van der Waals surface area contributed by atoms with Crippen molar-refractivity contribution in [3.05, 3.63) is 72.1 Å². The van der Waals surface area contributed by atoms with E-state index in [1.807, 2.05) is 30.7 Å². The Morgan fingerprint density at radius 2 is 1.89 bits per heavy atom. The second-order valence-corrected chi connectivity index (χ2v) is 6.97. The number of amides is 3. The van der Waals surface area contributed by atoms with Crippen molar-refractivity contribution >= 4 is 29.4 Å². The van der Waals surface area contributed by atoms with E-state index in [4.69, 9.17) is 0 Å². The average molecular weight is 380 g/mol. The van der Waals surface area contributed by atoms with Gasteiger partial charge in [0.05, 0.1) is 11.4 Å². The number of nitrogens with zero attached hydrogens (tertiary/aromatic N) is 2. The van der Waals surface area contributed by atoms with Crippen molar-refractivity contribution in [3.8, 4) is 5.69 Å². The molecule has 7 heteroatoms. The van der Waals surface area contributed by atoms with Gasteiger partial charge in [0, 0.05) is 18.1 Å². The van der Waals surface area contributed by atoms with Crippen LogP contribution in [0.15, 0.2) is 66.1 Å². The molecule has 0 fully saturated rings. The van der Waals surface area contributed by atoms with Crippen molar-refractivity contribution in [2.75, 3.05) is 11.1 Å². The van der Waals surface area contributed by atoms with Crippen molar-refractivity contribution in [1.29, 1.82) is 0 Å². The Morgan fingerprint density at radius 1 is 1.11 bits per heavy atom.